The number of nitrogens with two attached hydrogens (primary N) is 2. The van der Waals surface area contributed by atoms with Crippen LogP contribution in [-0.2, 0) is 99.2 Å². The lowest BCUT2D eigenvalue weighted by Crippen LogP contribution is -2.67. The molecule has 1 fully saturated rings. The minimum absolute atomic E-state index is 0.00855. The molecule has 124 heavy (non-hydrogen) atoms. The van der Waals surface area contributed by atoms with Gasteiger partial charge in [-0.1, -0.05) is 161 Å². The number of halogens is 1. The molecule has 1 aliphatic heterocycles. The van der Waals surface area contributed by atoms with Gasteiger partial charge in [-0.05, 0) is 118 Å². The lowest BCUT2D eigenvalue weighted by atomic mass is 9.90. The van der Waals surface area contributed by atoms with Crippen LogP contribution in [0.2, 0.25) is 0 Å². The van der Waals surface area contributed by atoms with Crippen LogP contribution in [0.5, 0.6) is 0 Å². The highest BCUT2D eigenvalue weighted by Gasteiger charge is 2.44. The van der Waals surface area contributed by atoms with Crippen LogP contribution in [0.15, 0.2) is 122 Å². The van der Waals surface area contributed by atoms with Crippen molar-refractivity contribution in [3.63, 3.8) is 0 Å². The molecule has 0 spiro atoms. The van der Waals surface area contributed by atoms with Crippen LogP contribution in [0, 0.1) is 5.82 Å². The number of nitrogens with zero attached hydrogens (tertiary/aromatic N) is 5. The third-order valence-corrected chi connectivity index (χ3v) is 21.3. The van der Waals surface area contributed by atoms with Gasteiger partial charge in [0, 0.05) is 44.8 Å². The topological polar surface area (TPSA) is 583 Å². The Morgan fingerprint density at radius 1 is 0.573 bits per heavy atom. The van der Waals surface area contributed by atoms with Crippen molar-refractivity contribution in [2.24, 2.45) is 11.5 Å². The largest absolute Gasteiger partial charge is 0.481 e. The van der Waals surface area contributed by atoms with E-state index in [0.717, 1.165) is 113 Å². The fourth-order valence-electron chi connectivity index (χ4n) is 14.3. The second kappa shape index (κ2) is 50.2. The maximum absolute atomic E-state index is 15.6. The summed E-state index contributed by atoms with van der Waals surface area (Å²) in [5, 5.41) is 90.8. The predicted octanol–water partition coefficient (Wildman–Crippen LogP) is 1.83. The molecule has 11 amide bonds. The Balaban J connectivity index is 1.00. The number of aryl methyl sites for hydroxylation is 2. The summed E-state index contributed by atoms with van der Waals surface area (Å²) in [6.45, 7) is 0.965. The minimum atomic E-state index is -2.43. The van der Waals surface area contributed by atoms with E-state index in [1.807, 2.05) is 54.6 Å². The summed E-state index contributed by atoms with van der Waals surface area (Å²) in [7, 11) is 0. The number of likely N-dealkylation sites (tertiary alicyclic amines) is 1. The number of amides is 11. The minimum Gasteiger partial charge on any atom is -0.481 e. The number of aromatic nitrogens is 5. The number of aliphatic carboxylic acids is 3. The van der Waals surface area contributed by atoms with Crippen LogP contribution in [0.25, 0.3) is 16.8 Å². The number of unbranched alkanes of at least 4 members (excludes halogenated alkanes) is 12. The van der Waals surface area contributed by atoms with Crippen LogP contribution in [0.4, 0.5) is 4.39 Å². The lowest BCUT2D eigenvalue weighted by molar-refractivity contribution is -0.142. The number of hydrogen-bond acceptors (Lipinski definition) is 21. The van der Waals surface area contributed by atoms with Gasteiger partial charge in [0.1, 0.15) is 59.7 Å². The Bertz CT molecular complexity index is 4540. The maximum atomic E-state index is 15.6. The zero-order valence-corrected chi connectivity index (χ0v) is 69.9. The van der Waals surface area contributed by atoms with E-state index in [0.29, 0.717) is 29.8 Å². The van der Waals surface area contributed by atoms with Gasteiger partial charge >= 0.3 is 17.9 Å². The van der Waals surface area contributed by atoms with E-state index in [1.165, 1.54) is 48.7 Å². The quantitative estimate of drug-likeness (QED) is 0.0242. The van der Waals surface area contributed by atoms with Crippen LogP contribution in [0.1, 0.15) is 177 Å². The summed E-state index contributed by atoms with van der Waals surface area (Å²) in [4.78, 5) is 197. The second-order valence-corrected chi connectivity index (χ2v) is 31.4. The van der Waals surface area contributed by atoms with Crippen molar-refractivity contribution in [1.29, 1.82) is 0 Å². The Kier molecular flexibility index (Phi) is 40.0. The number of carboxylic acids is 3. The van der Waals surface area contributed by atoms with E-state index < -0.39 is 200 Å². The highest BCUT2D eigenvalue weighted by Crippen LogP contribution is 2.25. The molecule has 12 atom stereocenters. The van der Waals surface area contributed by atoms with E-state index >= 15 is 4.39 Å². The summed E-state index contributed by atoms with van der Waals surface area (Å²) in [6, 6.07) is 13.5. The smallest absolute Gasteiger partial charge is 0.305 e. The Morgan fingerprint density at radius 2 is 1.14 bits per heavy atom. The predicted molar refractivity (Wildman–Crippen MR) is 448 cm³/mol. The van der Waals surface area contributed by atoms with E-state index in [4.69, 9.17) is 16.6 Å². The molecule has 0 radical (unpaired) electrons. The number of aliphatic hydroxyl groups is 3. The van der Waals surface area contributed by atoms with Crippen molar-refractivity contribution in [3.05, 3.63) is 156 Å². The molecule has 1 saturated heterocycles. The monoisotopic (exact) mass is 1730 g/mol. The first-order chi connectivity index (χ1) is 59.2. The van der Waals surface area contributed by atoms with Crippen molar-refractivity contribution < 1.29 is 102 Å². The number of H-pyrrole nitrogens is 1. The van der Waals surface area contributed by atoms with Gasteiger partial charge in [0.15, 0.2) is 0 Å². The van der Waals surface area contributed by atoms with Gasteiger partial charge in [-0.2, -0.15) is 0 Å². The van der Waals surface area contributed by atoms with Crippen molar-refractivity contribution >= 4 is 82.9 Å². The van der Waals surface area contributed by atoms with Gasteiger partial charge in [-0.15, -0.1) is 5.10 Å². The third-order valence-electron chi connectivity index (χ3n) is 21.3. The fourth-order valence-corrected chi connectivity index (χ4v) is 14.3. The van der Waals surface area contributed by atoms with Gasteiger partial charge < -0.3 is 99.8 Å². The fraction of sp³-hybridized carbons (Fsp3) is 0.500. The number of benzene rings is 4. The van der Waals surface area contributed by atoms with Gasteiger partial charge in [-0.25, -0.2) is 14.1 Å². The summed E-state index contributed by atoms with van der Waals surface area (Å²) in [6.07, 6.45) is 13.2. The molecular weight excluding hydrogens is 1610 g/mol. The van der Waals surface area contributed by atoms with Crippen molar-refractivity contribution in [1.82, 2.24) is 77.7 Å². The highest BCUT2D eigenvalue weighted by molar-refractivity contribution is 6.01. The molecule has 3 heterocycles. The molecule has 0 saturated carbocycles. The number of carbonyl (C=O) groups excluding carboxylic acids is 11. The van der Waals surface area contributed by atoms with Gasteiger partial charge in [0.2, 0.25) is 65.0 Å². The number of aliphatic hydroxyl groups excluding tert-OH is 3. The summed E-state index contributed by atoms with van der Waals surface area (Å²) in [5.74, 6) is -17.0. The molecule has 20 N–H and O–H groups in total. The zero-order chi connectivity index (χ0) is 90.4. The van der Waals surface area contributed by atoms with Crippen LogP contribution < -0.4 is 59.3 Å². The van der Waals surface area contributed by atoms with E-state index in [-0.39, 0.29) is 50.6 Å². The molecule has 1 aliphatic rings. The average molecular weight is 1730 g/mol. The molecule has 0 bridgehead atoms. The number of hydrogen-bond donors (Lipinski definition) is 18. The lowest BCUT2D eigenvalue weighted by Gasteiger charge is -2.34. The molecular formula is C86H116FN17O20. The molecule has 37 nitrogen and oxygen atoms in total. The van der Waals surface area contributed by atoms with Gasteiger partial charge in [0.25, 0.3) is 0 Å². The Labute approximate surface area is 716 Å². The Hall–Kier alpha value is -12.4. The average Bonchev–Trinajstić information content (AvgIpc) is 1.13. The number of nitrogens with one attached hydrogen (secondary N) is 10. The molecule has 38 heteroatoms. The summed E-state index contributed by atoms with van der Waals surface area (Å²) in [5.41, 5.74) is 14.3. The molecule has 7 rings (SSSR count). The highest BCUT2D eigenvalue weighted by atomic mass is 19.1. The van der Waals surface area contributed by atoms with Crippen LogP contribution >= 0.6 is 0 Å². The SMILES string of the molecule is C[C@@H](O)[C@H](NC(=O)CNC(=O)[C@H](CCC(=O)O)NC(=O)[C@@H]1CCCN1C(=O)[C@@H](N)Cc1c[nH]cn1)C(=O)NC(C)(Cc1ccccc1F)C(=O)N[C@H](C(=O)N[C@@H](CO)C(=O)N[C@@H](CC(=O)O)C(=O)N[C@@H](Cc1ccc(-n2cc(CCCCCCCCCCCCCCCC(=O)O)nn2)cc1)C(=O)N[C@@H](CCc1ccc(-c2ccccc2)cc1)C(N)=O)[C@@H](C)O. The van der Waals surface area contributed by atoms with Gasteiger partial charge in [-0.3, -0.25) is 67.1 Å². The molecule has 6 aromatic rings. The Morgan fingerprint density at radius 3 is 1.73 bits per heavy atom. The number of primary amides is 1. The maximum Gasteiger partial charge on any atom is 0.305 e. The number of imidazole rings is 1. The molecule has 672 valence electrons. The zero-order valence-electron chi connectivity index (χ0n) is 69.9. The van der Waals surface area contributed by atoms with Crippen molar-refractivity contribution in [3.8, 4) is 16.8 Å². The van der Waals surface area contributed by atoms with E-state index in [9.17, 15) is 92.7 Å². The number of aromatic amines is 1. The first-order valence-electron chi connectivity index (χ1n) is 41.8. The number of carbonyl (C=O) groups is 14. The summed E-state index contributed by atoms with van der Waals surface area (Å²) < 4.78 is 17.1. The van der Waals surface area contributed by atoms with Crippen LogP contribution in [0.3, 0.4) is 0 Å². The number of carboxylic acid groups (broad SMARTS) is 3. The summed E-state index contributed by atoms with van der Waals surface area (Å²) >= 11 is 0. The van der Waals surface area contributed by atoms with E-state index in [2.05, 4.69) is 68.1 Å². The molecule has 2 aromatic heterocycles. The number of rotatable bonds is 55. The van der Waals surface area contributed by atoms with Gasteiger partial charge in [0.05, 0.1) is 67.4 Å². The second-order valence-electron chi connectivity index (χ2n) is 31.4. The van der Waals surface area contributed by atoms with Crippen molar-refractivity contribution in [2.45, 2.75) is 253 Å². The standard InChI is InChI=1S/C86H116FN17O20/c1-52(106)74(99-85(124)86(3,46-58-25-20-21-27-62(58)87)100-83(122)75(53(2)107)98-70(108)48-91-77(116)65(40-41-72(111)112)94-81(120)69-28-22-42-103(69)84(123)63(88)44-60-47-90-51-92-60)82(121)97-68(50-105)80(119)96-67(45-73(113)114)79(118)95-66(78(117)93-64(76(89)115)39-34-54-30-35-57(36-31-54)56-23-16-15-17-24-56)43-55-32-37-61(38-33-55)104-49-59(101-102-104)26-18-13-11-9-7-5-4-6-8-10-12-14-19-29-71(109)110/h15-17,20-21,23-25,27,30-33,35-38,47,49,51-53,63-69,74-75,105-107H,4-14,18-19,22,26,28-29,34,39-46,48,50,88H2,1-3H3,(H2,89,115)(H,90,92)(H,91,116)(H,93,117)(H,94,120)(H,95,118)(H,96,119)(H,97,121)(H,98,108)(H,99,124)(H,100,122)(H,109,110)(H,111,112)(H,113,114)/t52-,53-,63+,64+,65+,66+,67+,68+,69+,74+,75+,86?/m1/s1. The van der Waals surface area contributed by atoms with Crippen molar-refractivity contribution in [2.75, 3.05) is 19.7 Å². The van der Waals surface area contributed by atoms with E-state index in [1.54, 1.807) is 41.3 Å². The molecule has 1 unspecified atom stereocenters. The molecule has 0 aliphatic carbocycles. The first-order valence-corrected chi connectivity index (χ1v) is 41.8. The first kappa shape index (κ1) is 98.7. The normalized spacial score (nSPS) is 15.4. The third kappa shape index (κ3) is 32.4. The van der Waals surface area contributed by atoms with Crippen LogP contribution in [-0.4, -0.2) is 235 Å². The molecule has 4 aromatic carbocycles.